The molecule has 0 aliphatic carbocycles. The van der Waals surface area contributed by atoms with Crippen LogP contribution in [0.15, 0.2) is 58.6 Å². The van der Waals surface area contributed by atoms with Crippen LogP contribution in [-0.2, 0) is 0 Å². The number of hydrogen-bond donors (Lipinski definition) is 1. The van der Waals surface area contributed by atoms with E-state index in [1.54, 1.807) is 17.5 Å². The van der Waals surface area contributed by atoms with Crippen LogP contribution in [0.25, 0.3) is 22.7 Å². The molecule has 9 heteroatoms. The van der Waals surface area contributed by atoms with Crippen LogP contribution in [0.5, 0.6) is 5.88 Å². The van der Waals surface area contributed by atoms with Crippen molar-refractivity contribution in [2.75, 3.05) is 12.4 Å². The molecule has 1 N–H and O–H groups in total. The predicted octanol–water partition coefficient (Wildman–Crippen LogP) is 4.26. The van der Waals surface area contributed by atoms with Crippen molar-refractivity contribution < 1.29 is 18.4 Å². The standard InChI is InChI=1S/C19H13FN4O3S/c1-26-16-4-2-3-14(22-16)15-10-28-19(23-15)24-18(25)13-9-21-27-17(13)11-5-7-12(20)8-6-11/h2-10H,1H3,(H,23,24,25). The molecule has 3 heterocycles. The zero-order chi connectivity index (χ0) is 19.5. The van der Waals surface area contributed by atoms with E-state index >= 15 is 0 Å². The highest BCUT2D eigenvalue weighted by Crippen LogP contribution is 2.27. The van der Waals surface area contributed by atoms with Gasteiger partial charge in [0.15, 0.2) is 10.9 Å². The van der Waals surface area contributed by atoms with Crippen LogP contribution in [0.4, 0.5) is 9.52 Å². The van der Waals surface area contributed by atoms with Crippen LogP contribution in [0.1, 0.15) is 10.4 Å². The van der Waals surface area contributed by atoms with Crippen molar-refractivity contribution in [2.24, 2.45) is 0 Å². The smallest absolute Gasteiger partial charge is 0.263 e. The Kier molecular flexibility index (Phi) is 4.81. The van der Waals surface area contributed by atoms with Crippen LogP contribution in [-0.4, -0.2) is 28.1 Å². The van der Waals surface area contributed by atoms with Crippen molar-refractivity contribution in [3.05, 3.63) is 65.4 Å². The predicted molar refractivity (Wildman–Crippen MR) is 102 cm³/mol. The Labute approximate surface area is 162 Å². The molecule has 0 saturated carbocycles. The monoisotopic (exact) mass is 396 g/mol. The fraction of sp³-hybridized carbons (Fsp3) is 0.0526. The molecule has 0 aliphatic heterocycles. The van der Waals surface area contributed by atoms with Crippen molar-refractivity contribution >= 4 is 22.4 Å². The van der Waals surface area contributed by atoms with Crippen molar-refractivity contribution in [3.63, 3.8) is 0 Å². The number of carbonyl (C=O) groups excluding carboxylic acids is 1. The van der Waals surface area contributed by atoms with E-state index in [0.717, 1.165) is 0 Å². The van der Waals surface area contributed by atoms with Crippen molar-refractivity contribution in [2.45, 2.75) is 0 Å². The Morgan fingerprint density at radius 1 is 1.14 bits per heavy atom. The highest BCUT2D eigenvalue weighted by Gasteiger charge is 2.19. The number of hydrogen-bond acceptors (Lipinski definition) is 7. The number of nitrogens with one attached hydrogen (secondary N) is 1. The number of anilines is 1. The lowest BCUT2D eigenvalue weighted by atomic mass is 10.1. The fourth-order valence-corrected chi connectivity index (χ4v) is 3.19. The third kappa shape index (κ3) is 3.60. The summed E-state index contributed by atoms with van der Waals surface area (Å²) < 4.78 is 23.4. The Morgan fingerprint density at radius 3 is 2.75 bits per heavy atom. The Hall–Kier alpha value is -3.59. The molecule has 0 spiro atoms. The van der Waals surface area contributed by atoms with E-state index in [1.807, 2.05) is 6.07 Å². The molecule has 140 valence electrons. The third-order valence-corrected chi connectivity index (χ3v) is 4.60. The van der Waals surface area contributed by atoms with E-state index in [-0.39, 0.29) is 17.1 Å². The molecule has 1 aromatic carbocycles. The number of benzene rings is 1. The lowest BCUT2D eigenvalue weighted by molar-refractivity contribution is 0.102. The van der Waals surface area contributed by atoms with E-state index in [1.165, 1.54) is 48.9 Å². The molecular weight excluding hydrogens is 383 g/mol. The number of methoxy groups -OCH3 is 1. The van der Waals surface area contributed by atoms with E-state index in [0.29, 0.717) is 28.0 Å². The van der Waals surface area contributed by atoms with Gasteiger partial charge in [0.25, 0.3) is 5.91 Å². The molecule has 0 atom stereocenters. The Balaban J connectivity index is 1.55. The summed E-state index contributed by atoms with van der Waals surface area (Å²) in [5.41, 5.74) is 2.02. The number of halogens is 1. The van der Waals surface area contributed by atoms with Crippen molar-refractivity contribution in [3.8, 4) is 28.6 Å². The minimum absolute atomic E-state index is 0.225. The normalized spacial score (nSPS) is 10.6. The van der Waals surface area contributed by atoms with Crippen LogP contribution in [0.2, 0.25) is 0 Å². The van der Waals surface area contributed by atoms with Gasteiger partial charge >= 0.3 is 0 Å². The van der Waals surface area contributed by atoms with Crippen molar-refractivity contribution in [1.82, 2.24) is 15.1 Å². The molecule has 0 unspecified atom stereocenters. The molecule has 3 aromatic heterocycles. The van der Waals surface area contributed by atoms with Crippen LogP contribution in [0.3, 0.4) is 0 Å². The van der Waals surface area contributed by atoms with Crippen LogP contribution < -0.4 is 10.1 Å². The summed E-state index contributed by atoms with van der Waals surface area (Å²) in [6.07, 6.45) is 1.31. The van der Waals surface area contributed by atoms with Gasteiger partial charge < -0.3 is 9.26 Å². The molecule has 1 amide bonds. The fourth-order valence-electron chi connectivity index (χ4n) is 2.50. The molecule has 0 fully saturated rings. The van der Waals surface area contributed by atoms with Gasteiger partial charge in [-0.1, -0.05) is 11.2 Å². The van der Waals surface area contributed by atoms with Gasteiger partial charge in [0.05, 0.1) is 19.0 Å². The van der Waals surface area contributed by atoms with Crippen LogP contribution >= 0.6 is 11.3 Å². The number of carbonyl (C=O) groups is 1. The summed E-state index contributed by atoms with van der Waals surface area (Å²) in [5.74, 6) is -0.0796. The van der Waals surface area contributed by atoms with Gasteiger partial charge in [-0.15, -0.1) is 11.3 Å². The molecule has 0 saturated heterocycles. The molecule has 4 aromatic rings. The molecule has 7 nitrogen and oxygen atoms in total. The van der Waals surface area contributed by atoms with Crippen molar-refractivity contribution in [1.29, 1.82) is 0 Å². The summed E-state index contributed by atoms with van der Waals surface area (Å²) in [7, 11) is 1.54. The number of ether oxygens (including phenoxy) is 1. The number of rotatable bonds is 5. The minimum atomic E-state index is -0.430. The maximum atomic E-state index is 13.1. The second-order valence-electron chi connectivity index (χ2n) is 5.63. The lowest BCUT2D eigenvalue weighted by Gasteiger charge is -2.02. The Morgan fingerprint density at radius 2 is 1.96 bits per heavy atom. The van der Waals surface area contributed by atoms with Gasteiger partial charge in [0.2, 0.25) is 5.88 Å². The van der Waals surface area contributed by atoms with E-state index in [4.69, 9.17) is 9.26 Å². The highest BCUT2D eigenvalue weighted by atomic mass is 32.1. The second-order valence-corrected chi connectivity index (χ2v) is 6.49. The van der Waals surface area contributed by atoms with Gasteiger partial charge in [-0.3, -0.25) is 10.1 Å². The highest BCUT2D eigenvalue weighted by molar-refractivity contribution is 7.14. The number of thiazole rings is 1. The van der Waals surface area contributed by atoms with E-state index in [2.05, 4.69) is 20.4 Å². The topological polar surface area (TPSA) is 90.1 Å². The SMILES string of the molecule is COc1cccc(-c2csc(NC(=O)c3cnoc3-c3ccc(F)cc3)n2)n1. The number of nitrogens with zero attached hydrogens (tertiary/aromatic N) is 3. The van der Waals surface area contributed by atoms with Crippen LogP contribution in [0, 0.1) is 5.82 Å². The average Bonchev–Trinajstić information content (AvgIpc) is 3.38. The molecule has 0 bridgehead atoms. The first-order valence-corrected chi connectivity index (χ1v) is 9.01. The van der Waals surface area contributed by atoms with E-state index < -0.39 is 5.91 Å². The first-order chi connectivity index (χ1) is 13.6. The van der Waals surface area contributed by atoms with Gasteiger partial charge in [-0.2, -0.15) is 0 Å². The van der Waals surface area contributed by atoms with Gasteiger partial charge in [0.1, 0.15) is 17.1 Å². The molecular formula is C19H13FN4O3S. The molecule has 0 radical (unpaired) electrons. The minimum Gasteiger partial charge on any atom is -0.481 e. The zero-order valence-corrected chi connectivity index (χ0v) is 15.4. The van der Waals surface area contributed by atoms with E-state index in [9.17, 15) is 9.18 Å². The first-order valence-electron chi connectivity index (χ1n) is 8.13. The maximum absolute atomic E-state index is 13.1. The molecule has 28 heavy (non-hydrogen) atoms. The summed E-state index contributed by atoms with van der Waals surface area (Å²) >= 11 is 1.26. The number of amides is 1. The second kappa shape index (κ2) is 7.57. The van der Waals surface area contributed by atoms with Gasteiger partial charge in [0, 0.05) is 17.0 Å². The first kappa shape index (κ1) is 17.8. The largest absolute Gasteiger partial charge is 0.481 e. The quantitative estimate of drug-likeness (QED) is 0.542. The third-order valence-electron chi connectivity index (χ3n) is 3.84. The number of aromatic nitrogens is 3. The summed E-state index contributed by atoms with van der Waals surface area (Å²) in [6, 6.07) is 11.0. The summed E-state index contributed by atoms with van der Waals surface area (Å²) in [4.78, 5) is 21.3. The Bertz CT molecular complexity index is 1120. The lowest BCUT2D eigenvalue weighted by Crippen LogP contribution is -2.11. The maximum Gasteiger partial charge on any atom is 0.263 e. The zero-order valence-electron chi connectivity index (χ0n) is 14.5. The van der Waals surface area contributed by atoms with Gasteiger partial charge in [-0.25, -0.2) is 14.4 Å². The van der Waals surface area contributed by atoms with Gasteiger partial charge in [-0.05, 0) is 30.3 Å². The average molecular weight is 396 g/mol. The molecule has 0 aliphatic rings. The number of pyridine rings is 1. The summed E-state index contributed by atoms with van der Waals surface area (Å²) in [5, 5.41) is 8.59. The molecule has 4 rings (SSSR count). The summed E-state index contributed by atoms with van der Waals surface area (Å²) in [6.45, 7) is 0.